The van der Waals surface area contributed by atoms with Crippen LogP contribution in [-0.4, -0.2) is 12.3 Å². The molecule has 0 heterocycles. The van der Waals surface area contributed by atoms with Gasteiger partial charge in [-0.2, -0.15) is 0 Å². The number of fused-ring (bicyclic) bond motifs is 1. The molecule has 0 spiro atoms. The predicted molar refractivity (Wildman–Crippen MR) is 80.7 cm³/mol. The molecule has 0 N–H and O–H groups in total. The second kappa shape index (κ2) is 5.59. The van der Waals surface area contributed by atoms with Crippen molar-refractivity contribution in [3.05, 3.63) is 77.9 Å². The fourth-order valence-corrected chi connectivity index (χ4v) is 2.14. The molecule has 3 rings (SSSR count). The first-order chi connectivity index (χ1) is 10.3. The molecule has 3 nitrogen and oxygen atoms in total. The van der Waals surface area contributed by atoms with E-state index in [9.17, 15) is 9.59 Å². The summed E-state index contributed by atoms with van der Waals surface area (Å²) in [4.78, 5) is 22.8. The van der Waals surface area contributed by atoms with E-state index >= 15 is 0 Å². The zero-order valence-corrected chi connectivity index (χ0v) is 11.2. The number of carbonyl (C=O) groups excluding carboxylic acids is 2. The topological polar surface area (TPSA) is 43.4 Å². The minimum Gasteiger partial charge on any atom is -0.422 e. The molecule has 21 heavy (non-hydrogen) atoms. The van der Waals surface area contributed by atoms with Crippen molar-refractivity contribution in [3.8, 4) is 5.75 Å². The van der Waals surface area contributed by atoms with Gasteiger partial charge in [-0.05, 0) is 23.6 Å². The number of benzene rings is 3. The second-order valence-electron chi connectivity index (χ2n) is 4.61. The third-order valence-corrected chi connectivity index (χ3v) is 3.23. The van der Waals surface area contributed by atoms with Gasteiger partial charge >= 0.3 is 5.97 Å². The maximum atomic E-state index is 12.1. The minimum atomic E-state index is -0.441. The fourth-order valence-electron chi connectivity index (χ4n) is 2.14. The molecule has 0 saturated carbocycles. The standard InChI is InChI=1S/C18H12O3/c19-12-13-8-10-15(11-9-13)18(20)21-17-7-3-5-14-4-1-2-6-16(14)17/h1-12H. The Morgan fingerprint density at radius 3 is 2.33 bits per heavy atom. The second-order valence-corrected chi connectivity index (χ2v) is 4.61. The molecule has 0 aromatic heterocycles. The first kappa shape index (κ1) is 13.1. The molecule has 0 saturated heterocycles. The van der Waals surface area contributed by atoms with Gasteiger partial charge in [0.05, 0.1) is 5.56 Å². The van der Waals surface area contributed by atoms with Crippen LogP contribution in [0.5, 0.6) is 5.75 Å². The summed E-state index contributed by atoms with van der Waals surface area (Å²) in [6, 6.07) is 19.6. The van der Waals surface area contributed by atoms with Crippen LogP contribution in [0, 0.1) is 0 Å². The molecular weight excluding hydrogens is 264 g/mol. The highest BCUT2D eigenvalue weighted by Gasteiger charge is 2.10. The van der Waals surface area contributed by atoms with Gasteiger partial charge in [0.15, 0.2) is 0 Å². The van der Waals surface area contributed by atoms with Crippen LogP contribution < -0.4 is 4.74 Å². The van der Waals surface area contributed by atoms with Gasteiger partial charge in [0.1, 0.15) is 12.0 Å². The SMILES string of the molecule is O=Cc1ccc(C(=O)Oc2cccc3ccccc23)cc1. The van der Waals surface area contributed by atoms with Gasteiger partial charge < -0.3 is 4.74 Å². The maximum absolute atomic E-state index is 12.1. The van der Waals surface area contributed by atoms with Gasteiger partial charge in [-0.15, -0.1) is 0 Å². The number of hydrogen-bond acceptors (Lipinski definition) is 3. The average Bonchev–Trinajstić information content (AvgIpc) is 2.55. The molecule has 3 heteroatoms. The van der Waals surface area contributed by atoms with Gasteiger partial charge in [-0.25, -0.2) is 4.79 Å². The van der Waals surface area contributed by atoms with Crippen molar-refractivity contribution in [1.29, 1.82) is 0 Å². The summed E-state index contributed by atoms with van der Waals surface area (Å²) >= 11 is 0. The number of esters is 1. The van der Waals surface area contributed by atoms with Crippen LogP contribution in [0.25, 0.3) is 10.8 Å². The van der Waals surface area contributed by atoms with E-state index in [1.165, 1.54) is 0 Å². The molecule has 0 amide bonds. The van der Waals surface area contributed by atoms with E-state index in [2.05, 4.69) is 0 Å². The summed E-state index contributed by atoms with van der Waals surface area (Å²) in [5.41, 5.74) is 0.935. The van der Waals surface area contributed by atoms with Crippen molar-refractivity contribution < 1.29 is 14.3 Å². The fraction of sp³-hybridized carbons (Fsp3) is 0. The molecule has 0 fully saturated rings. The molecule has 0 radical (unpaired) electrons. The summed E-state index contributed by atoms with van der Waals surface area (Å²) in [5.74, 6) is 0.0846. The summed E-state index contributed by atoms with van der Waals surface area (Å²) in [5, 5.41) is 1.90. The largest absolute Gasteiger partial charge is 0.422 e. The Labute approximate surface area is 121 Å². The molecule has 0 aliphatic rings. The van der Waals surface area contributed by atoms with Gasteiger partial charge in [0.2, 0.25) is 0 Å². The van der Waals surface area contributed by atoms with E-state index in [1.54, 1.807) is 30.3 Å². The van der Waals surface area contributed by atoms with E-state index in [-0.39, 0.29) is 0 Å². The monoisotopic (exact) mass is 276 g/mol. The summed E-state index contributed by atoms with van der Waals surface area (Å²) in [6.07, 6.45) is 0.736. The Morgan fingerprint density at radius 1 is 0.857 bits per heavy atom. The highest BCUT2D eigenvalue weighted by molar-refractivity contribution is 5.95. The van der Waals surface area contributed by atoms with Crippen molar-refractivity contribution in [3.63, 3.8) is 0 Å². The zero-order valence-electron chi connectivity index (χ0n) is 11.2. The number of carbonyl (C=O) groups is 2. The third kappa shape index (κ3) is 2.67. The molecule has 0 atom stereocenters. The zero-order chi connectivity index (χ0) is 14.7. The number of rotatable bonds is 3. The Kier molecular flexibility index (Phi) is 3.48. The van der Waals surface area contributed by atoms with Crippen LogP contribution in [0.4, 0.5) is 0 Å². The Morgan fingerprint density at radius 2 is 1.57 bits per heavy atom. The lowest BCUT2D eigenvalue weighted by atomic mass is 10.1. The molecule has 3 aromatic rings. The van der Waals surface area contributed by atoms with Crippen LogP contribution in [0.3, 0.4) is 0 Å². The lowest BCUT2D eigenvalue weighted by Gasteiger charge is -2.07. The molecule has 0 aliphatic carbocycles. The first-order valence-corrected chi connectivity index (χ1v) is 6.53. The van der Waals surface area contributed by atoms with Crippen molar-refractivity contribution in [2.75, 3.05) is 0 Å². The quantitative estimate of drug-likeness (QED) is 0.414. The van der Waals surface area contributed by atoms with Crippen LogP contribution in [0.1, 0.15) is 20.7 Å². The number of hydrogen-bond donors (Lipinski definition) is 0. The average molecular weight is 276 g/mol. The Balaban J connectivity index is 1.90. The maximum Gasteiger partial charge on any atom is 0.343 e. The van der Waals surface area contributed by atoms with Gasteiger partial charge in [0, 0.05) is 10.9 Å². The van der Waals surface area contributed by atoms with Crippen LogP contribution in [0.2, 0.25) is 0 Å². The minimum absolute atomic E-state index is 0.411. The number of aldehydes is 1. The highest BCUT2D eigenvalue weighted by atomic mass is 16.5. The molecule has 0 bridgehead atoms. The van der Waals surface area contributed by atoms with Crippen LogP contribution >= 0.6 is 0 Å². The lowest BCUT2D eigenvalue weighted by Crippen LogP contribution is -2.08. The molecule has 0 unspecified atom stereocenters. The smallest absolute Gasteiger partial charge is 0.343 e. The van der Waals surface area contributed by atoms with Crippen LogP contribution in [0.15, 0.2) is 66.7 Å². The molecular formula is C18H12O3. The van der Waals surface area contributed by atoms with Crippen LogP contribution in [-0.2, 0) is 0 Å². The van der Waals surface area contributed by atoms with Gasteiger partial charge in [-0.3, -0.25) is 4.79 Å². The summed E-state index contributed by atoms with van der Waals surface area (Å²) in [7, 11) is 0. The van der Waals surface area contributed by atoms with E-state index < -0.39 is 5.97 Å². The highest BCUT2D eigenvalue weighted by Crippen LogP contribution is 2.25. The molecule has 102 valence electrons. The third-order valence-electron chi connectivity index (χ3n) is 3.23. The summed E-state index contributed by atoms with van der Waals surface area (Å²) < 4.78 is 5.46. The summed E-state index contributed by atoms with van der Waals surface area (Å²) in [6.45, 7) is 0. The lowest BCUT2D eigenvalue weighted by molar-refractivity contribution is 0.0737. The van der Waals surface area contributed by atoms with Crippen molar-refractivity contribution in [2.45, 2.75) is 0 Å². The molecule has 3 aromatic carbocycles. The molecule has 0 aliphatic heterocycles. The predicted octanol–water partition coefficient (Wildman–Crippen LogP) is 3.87. The van der Waals surface area contributed by atoms with Crippen molar-refractivity contribution in [2.24, 2.45) is 0 Å². The van der Waals surface area contributed by atoms with Crippen molar-refractivity contribution in [1.82, 2.24) is 0 Å². The Bertz CT molecular complexity index is 799. The van der Waals surface area contributed by atoms with Gasteiger partial charge in [0.25, 0.3) is 0 Å². The van der Waals surface area contributed by atoms with E-state index in [0.717, 1.165) is 17.1 Å². The van der Waals surface area contributed by atoms with E-state index in [4.69, 9.17) is 4.74 Å². The Hall–Kier alpha value is -2.94. The normalized spacial score (nSPS) is 10.3. The van der Waals surface area contributed by atoms with Crippen molar-refractivity contribution >= 4 is 23.0 Å². The first-order valence-electron chi connectivity index (χ1n) is 6.53. The van der Waals surface area contributed by atoms with E-state index in [0.29, 0.717) is 16.9 Å². The van der Waals surface area contributed by atoms with E-state index in [1.807, 2.05) is 36.4 Å². The number of ether oxygens (including phenoxy) is 1. The van der Waals surface area contributed by atoms with Gasteiger partial charge in [-0.1, -0.05) is 48.5 Å².